The number of likely N-dealkylation sites (tertiary alicyclic amines) is 2. The maximum absolute atomic E-state index is 12.1. The summed E-state index contributed by atoms with van der Waals surface area (Å²) in [4.78, 5) is 15.6. The Morgan fingerprint density at radius 2 is 1.37 bits per heavy atom. The number of rotatable bonds is 7. The number of β-amino-alcohol motifs (C(OH)–C–C–N with tert-alkyl or cyclic N) is 4. The second kappa shape index (κ2) is 10.1. The fraction of sp³-hybridized carbons (Fsp3) is 0.941. The van der Waals surface area contributed by atoms with Gasteiger partial charge in [0.2, 0.25) is 0 Å². The van der Waals surface area contributed by atoms with Crippen molar-refractivity contribution in [3.05, 3.63) is 0 Å². The molecule has 2 heterocycles. The summed E-state index contributed by atoms with van der Waals surface area (Å²) >= 11 is 0. The van der Waals surface area contributed by atoms with Gasteiger partial charge in [-0.05, 0) is 19.4 Å². The number of carbonyl (C=O) groups excluding carboxylic acids is 1. The van der Waals surface area contributed by atoms with Crippen molar-refractivity contribution >= 4 is 5.97 Å². The minimum Gasteiger partial charge on any atom is -0.468 e. The number of hydrogen-bond acceptors (Lipinski definition) is 10. The highest BCUT2D eigenvalue weighted by Crippen LogP contribution is 2.19. The number of methoxy groups -OCH3 is 1. The van der Waals surface area contributed by atoms with E-state index in [-0.39, 0.29) is 26.2 Å². The Morgan fingerprint density at radius 3 is 1.85 bits per heavy atom. The molecule has 0 amide bonds. The zero-order valence-electron chi connectivity index (χ0n) is 15.6. The van der Waals surface area contributed by atoms with Gasteiger partial charge in [0, 0.05) is 26.2 Å². The standard InChI is InChI=1S/C17H32N2O8/c1-27-17(26)10(19-8-13(22)16(25)14(23)9-19)4-2-3-5-18-6-11(20)15(24)12(21)7-18/h10-16,20-25H,2-9H2,1H3/t10-,11-,12+,13-,14+,15?,16?/m0/s1. The molecule has 2 aliphatic heterocycles. The maximum atomic E-state index is 12.1. The topological polar surface area (TPSA) is 154 Å². The third-order valence-electron chi connectivity index (χ3n) is 5.43. The minimum absolute atomic E-state index is 0.0698. The maximum Gasteiger partial charge on any atom is 0.323 e. The summed E-state index contributed by atoms with van der Waals surface area (Å²) in [5.41, 5.74) is 0. The van der Waals surface area contributed by atoms with Crippen LogP contribution in [0.2, 0.25) is 0 Å². The van der Waals surface area contributed by atoms with Gasteiger partial charge in [0.25, 0.3) is 0 Å². The average Bonchev–Trinajstić information content (AvgIpc) is 2.63. The van der Waals surface area contributed by atoms with Crippen LogP contribution in [0.15, 0.2) is 0 Å². The molecule has 2 rings (SSSR count). The molecular weight excluding hydrogens is 360 g/mol. The first-order valence-corrected chi connectivity index (χ1v) is 9.37. The summed E-state index contributed by atoms with van der Waals surface area (Å²) < 4.78 is 4.84. The third-order valence-corrected chi connectivity index (χ3v) is 5.43. The SMILES string of the molecule is COC(=O)[C@H](CCCCN1C[C@@H](O)C(O)[C@@H](O)C1)N1C[C@@H](O)C(O)[C@@H](O)C1. The Bertz CT molecular complexity index is 458. The number of aliphatic hydroxyl groups excluding tert-OH is 6. The third kappa shape index (κ3) is 5.81. The lowest BCUT2D eigenvalue weighted by Gasteiger charge is -2.40. The molecule has 2 fully saturated rings. The molecule has 0 radical (unpaired) electrons. The first kappa shape index (κ1) is 22.4. The first-order valence-electron chi connectivity index (χ1n) is 9.37. The van der Waals surface area contributed by atoms with Crippen LogP contribution >= 0.6 is 0 Å². The van der Waals surface area contributed by atoms with Crippen LogP contribution in [0.1, 0.15) is 19.3 Å². The lowest BCUT2D eigenvalue weighted by Crippen LogP contribution is -2.59. The van der Waals surface area contributed by atoms with Crippen LogP contribution in [0.25, 0.3) is 0 Å². The lowest BCUT2D eigenvalue weighted by molar-refractivity contribution is -0.156. The highest BCUT2D eigenvalue weighted by atomic mass is 16.5. The Kier molecular flexibility index (Phi) is 8.38. The van der Waals surface area contributed by atoms with Crippen molar-refractivity contribution in [2.24, 2.45) is 0 Å². The van der Waals surface area contributed by atoms with Crippen LogP contribution in [-0.2, 0) is 9.53 Å². The van der Waals surface area contributed by atoms with Gasteiger partial charge in [-0.3, -0.25) is 14.6 Å². The molecule has 158 valence electrons. The largest absolute Gasteiger partial charge is 0.468 e. The van der Waals surface area contributed by atoms with E-state index >= 15 is 0 Å². The average molecular weight is 392 g/mol. The molecule has 10 heteroatoms. The highest BCUT2D eigenvalue weighted by Gasteiger charge is 2.39. The number of hydrogen-bond donors (Lipinski definition) is 6. The van der Waals surface area contributed by atoms with E-state index in [1.165, 1.54) is 7.11 Å². The Balaban J connectivity index is 1.82. The number of ether oxygens (including phenoxy) is 1. The molecule has 0 aliphatic carbocycles. The van der Waals surface area contributed by atoms with Gasteiger partial charge in [0.1, 0.15) is 18.2 Å². The summed E-state index contributed by atoms with van der Waals surface area (Å²) in [5, 5.41) is 58.4. The van der Waals surface area contributed by atoms with Crippen molar-refractivity contribution in [1.82, 2.24) is 9.80 Å². The van der Waals surface area contributed by atoms with E-state index in [2.05, 4.69) is 0 Å². The predicted molar refractivity (Wildman–Crippen MR) is 93.7 cm³/mol. The summed E-state index contributed by atoms with van der Waals surface area (Å²) in [7, 11) is 1.28. The van der Waals surface area contributed by atoms with Crippen LogP contribution in [0.3, 0.4) is 0 Å². The Labute approximate surface area is 158 Å². The molecule has 0 bridgehead atoms. The van der Waals surface area contributed by atoms with Gasteiger partial charge in [-0.2, -0.15) is 0 Å². The second-order valence-corrected chi connectivity index (χ2v) is 7.50. The van der Waals surface area contributed by atoms with Crippen molar-refractivity contribution in [1.29, 1.82) is 0 Å². The number of carbonyl (C=O) groups is 1. The Hall–Kier alpha value is -0.850. The van der Waals surface area contributed by atoms with E-state index in [0.717, 1.165) is 0 Å². The van der Waals surface area contributed by atoms with Crippen molar-refractivity contribution in [3.63, 3.8) is 0 Å². The molecule has 7 atom stereocenters. The van der Waals surface area contributed by atoms with Gasteiger partial charge in [0.15, 0.2) is 0 Å². The van der Waals surface area contributed by atoms with Crippen molar-refractivity contribution in [2.75, 3.05) is 39.8 Å². The Morgan fingerprint density at radius 1 is 0.889 bits per heavy atom. The molecule has 10 nitrogen and oxygen atoms in total. The van der Waals surface area contributed by atoms with Crippen molar-refractivity contribution < 1.29 is 40.2 Å². The summed E-state index contributed by atoms with van der Waals surface area (Å²) in [6.45, 7) is 1.29. The fourth-order valence-corrected chi connectivity index (χ4v) is 3.80. The number of esters is 1. The zero-order valence-corrected chi connectivity index (χ0v) is 15.6. The van der Waals surface area contributed by atoms with Gasteiger partial charge in [0.05, 0.1) is 31.5 Å². The van der Waals surface area contributed by atoms with Crippen LogP contribution in [-0.4, -0.2) is 129 Å². The number of aliphatic hydroxyl groups is 6. The lowest BCUT2D eigenvalue weighted by atomic mass is 9.98. The summed E-state index contributed by atoms with van der Waals surface area (Å²) in [5.74, 6) is -0.460. The fourth-order valence-electron chi connectivity index (χ4n) is 3.80. The highest BCUT2D eigenvalue weighted by molar-refractivity contribution is 5.75. The summed E-state index contributed by atoms with van der Waals surface area (Å²) in [6, 6.07) is -0.633. The van der Waals surface area contributed by atoms with Crippen molar-refractivity contribution in [2.45, 2.75) is 61.9 Å². The molecule has 2 saturated heterocycles. The van der Waals surface area contributed by atoms with Crippen LogP contribution < -0.4 is 0 Å². The number of unbranched alkanes of at least 4 members (excludes halogenated alkanes) is 1. The minimum atomic E-state index is -1.23. The van der Waals surface area contributed by atoms with Crippen molar-refractivity contribution in [3.8, 4) is 0 Å². The van der Waals surface area contributed by atoms with Gasteiger partial charge in [-0.1, -0.05) is 6.42 Å². The zero-order chi connectivity index (χ0) is 20.1. The quantitative estimate of drug-likeness (QED) is 0.190. The number of piperidine rings is 2. The van der Waals surface area contributed by atoms with E-state index in [0.29, 0.717) is 25.8 Å². The smallest absolute Gasteiger partial charge is 0.323 e. The summed E-state index contributed by atoms with van der Waals surface area (Å²) in [6.07, 6.45) is -4.81. The molecule has 0 aromatic rings. The van der Waals surface area contributed by atoms with Gasteiger partial charge in [-0.15, -0.1) is 0 Å². The predicted octanol–water partition coefficient (Wildman–Crippen LogP) is -3.51. The molecular formula is C17H32N2O8. The monoisotopic (exact) mass is 392 g/mol. The molecule has 0 saturated carbocycles. The first-order chi connectivity index (χ1) is 12.7. The van der Waals surface area contributed by atoms with E-state index < -0.39 is 48.6 Å². The molecule has 2 unspecified atom stereocenters. The van der Waals surface area contributed by atoms with Gasteiger partial charge in [-0.25, -0.2) is 0 Å². The molecule has 2 aliphatic rings. The van der Waals surface area contributed by atoms with E-state index in [1.54, 1.807) is 4.90 Å². The van der Waals surface area contributed by atoms with Crippen LogP contribution in [0, 0.1) is 0 Å². The van der Waals surface area contributed by atoms with E-state index in [1.807, 2.05) is 4.90 Å². The molecule has 0 aromatic heterocycles. The van der Waals surface area contributed by atoms with Gasteiger partial charge < -0.3 is 35.4 Å². The normalized spacial score (nSPS) is 37.1. The number of nitrogens with zero attached hydrogens (tertiary/aromatic N) is 2. The van der Waals surface area contributed by atoms with Crippen LogP contribution in [0.4, 0.5) is 0 Å². The molecule has 0 aromatic carbocycles. The molecule has 27 heavy (non-hydrogen) atoms. The molecule has 0 spiro atoms. The van der Waals surface area contributed by atoms with E-state index in [9.17, 15) is 35.4 Å². The van der Waals surface area contributed by atoms with Gasteiger partial charge >= 0.3 is 5.97 Å². The molecule has 6 N–H and O–H groups in total. The van der Waals surface area contributed by atoms with Crippen LogP contribution in [0.5, 0.6) is 0 Å². The van der Waals surface area contributed by atoms with E-state index in [4.69, 9.17) is 4.74 Å². The second-order valence-electron chi connectivity index (χ2n) is 7.50.